The number of hydroxylamine groups is 2. The van der Waals surface area contributed by atoms with Crippen molar-refractivity contribution in [3.8, 4) is 11.5 Å². The molecule has 0 fully saturated rings. The van der Waals surface area contributed by atoms with Crippen LogP contribution in [0.15, 0.2) is 71.1 Å². The summed E-state index contributed by atoms with van der Waals surface area (Å²) < 4.78 is 13.0. The highest BCUT2D eigenvalue weighted by Crippen LogP contribution is 2.33. The molecule has 0 radical (unpaired) electrons. The third-order valence-electron chi connectivity index (χ3n) is 5.59. The number of nitrogens with zero attached hydrogens (tertiary/aromatic N) is 3. The molecule has 0 saturated heterocycles. The molecule has 3 aliphatic heterocycles. The van der Waals surface area contributed by atoms with Crippen LogP contribution < -0.4 is 9.47 Å². The molecule has 0 atom stereocenters. The Morgan fingerprint density at radius 1 is 1.16 bits per heavy atom. The number of aliphatic imine (C=N–C) groups is 1. The molecule has 1 amide bonds. The van der Waals surface area contributed by atoms with Crippen molar-refractivity contribution in [3.63, 3.8) is 0 Å². The zero-order chi connectivity index (χ0) is 21.8. The maximum Gasteiger partial charge on any atom is 0.282 e. The van der Waals surface area contributed by atoms with Crippen LogP contribution in [0.1, 0.15) is 18.1 Å². The number of aromatic nitrogens is 1. The lowest BCUT2D eigenvalue weighted by molar-refractivity contribution is -0.114. The van der Waals surface area contributed by atoms with Crippen LogP contribution in [0.25, 0.3) is 17.0 Å². The lowest BCUT2D eigenvalue weighted by Gasteiger charge is -2.22. The minimum Gasteiger partial charge on any atom is -0.454 e. The standard InChI is InChI=1S/C24H18N4O4/c1-14-8-22-26-24(29)18(23(25)28(22)32-14)10-16-12-27(19-5-3-2-4-17(16)19)11-15-6-7-20-21(9-15)31-13-30-20/h2-10,12,25H,11,13H2,1H3. The predicted octanol–water partition coefficient (Wildman–Crippen LogP) is 3.87. The number of carbonyl (C=O) groups excluding carboxylic acids is 1. The van der Waals surface area contributed by atoms with Crippen LogP contribution >= 0.6 is 0 Å². The van der Waals surface area contributed by atoms with Gasteiger partial charge in [0.1, 0.15) is 5.76 Å². The van der Waals surface area contributed by atoms with E-state index < -0.39 is 5.91 Å². The molecule has 3 aliphatic rings. The fourth-order valence-corrected chi connectivity index (χ4v) is 4.11. The van der Waals surface area contributed by atoms with Crippen LogP contribution in [0, 0.1) is 5.41 Å². The number of fused-ring (bicyclic) bond motifs is 3. The van der Waals surface area contributed by atoms with Gasteiger partial charge in [0.05, 0.1) is 5.57 Å². The van der Waals surface area contributed by atoms with Crippen molar-refractivity contribution >= 4 is 34.6 Å². The van der Waals surface area contributed by atoms with Crippen molar-refractivity contribution in [3.05, 3.63) is 77.2 Å². The molecule has 4 heterocycles. The lowest BCUT2D eigenvalue weighted by Crippen LogP contribution is -2.38. The number of hydrogen-bond donors (Lipinski definition) is 1. The molecule has 0 spiro atoms. The van der Waals surface area contributed by atoms with Gasteiger partial charge >= 0.3 is 0 Å². The minimum absolute atomic E-state index is 0.0271. The number of carbonyl (C=O) groups is 1. The van der Waals surface area contributed by atoms with Crippen molar-refractivity contribution in [2.24, 2.45) is 4.99 Å². The van der Waals surface area contributed by atoms with Gasteiger partial charge in [0.25, 0.3) is 5.91 Å². The van der Waals surface area contributed by atoms with Gasteiger partial charge in [-0.15, -0.1) is 5.06 Å². The van der Waals surface area contributed by atoms with Crippen molar-refractivity contribution < 1.29 is 19.1 Å². The lowest BCUT2D eigenvalue weighted by atomic mass is 10.1. The van der Waals surface area contributed by atoms with E-state index in [1.165, 1.54) is 5.06 Å². The van der Waals surface area contributed by atoms with E-state index in [1.807, 2.05) is 48.7 Å². The van der Waals surface area contributed by atoms with Crippen LogP contribution in [-0.4, -0.2) is 34.0 Å². The van der Waals surface area contributed by atoms with E-state index in [0.29, 0.717) is 18.1 Å². The maximum absolute atomic E-state index is 12.7. The summed E-state index contributed by atoms with van der Waals surface area (Å²) in [6, 6.07) is 13.9. The number of para-hydroxylation sites is 1. The second-order valence-corrected chi connectivity index (χ2v) is 7.74. The Bertz CT molecular complexity index is 1410. The number of ether oxygens (including phenoxy) is 2. The van der Waals surface area contributed by atoms with Crippen LogP contribution in [0.2, 0.25) is 0 Å². The summed E-state index contributed by atoms with van der Waals surface area (Å²) in [5.41, 5.74) is 3.10. The monoisotopic (exact) mass is 426 g/mol. The first kappa shape index (κ1) is 18.4. The molecule has 158 valence electrons. The highest BCUT2D eigenvalue weighted by atomic mass is 16.7. The van der Waals surface area contributed by atoms with E-state index in [9.17, 15) is 4.79 Å². The first-order valence-electron chi connectivity index (χ1n) is 10.1. The molecule has 6 rings (SSSR count). The normalized spacial score (nSPS) is 18.2. The van der Waals surface area contributed by atoms with Crippen LogP contribution in [0.5, 0.6) is 11.5 Å². The van der Waals surface area contributed by atoms with E-state index in [2.05, 4.69) is 9.56 Å². The number of hydrogen-bond acceptors (Lipinski definition) is 5. The molecule has 1 aromatic heterocycles. The Morgan fingerprint density at radius 3 is 2.91 bits per heavy atom. The zero-order valence-corrected chi connectivity index (χ0v) is 17.2. The van der Waals surface area contributed by atoms with Gasteiger partial charge in [0.15, 0.2) is 23.2 Å². The van der Waals surface area contributed by atoms with E-state index in [4.69, 9.17) is 19.7 Å². The number of amidine groups is 2. The van der Waals surface area contributed by atoms with Gasteiger partial charge in [-0.25, -0.2) is 0 Å². The third kappa shape index (κ3) is 2.88. The number of amides is 1. The number of benzene rings is 2. The molecule has 0 bridgehead atoms. The Labute approximate surface area is 183 Å². The Kier molecular flexibility index (Phi) is 3.94. The molecule has 0 unspecified atom stereocenters. The third-order valence-corrected chi connectivity index (χ3v) is 5.59. The van der Waals surface area contributed by atoms with Crippen LogP contribution in [-0.2, 0) is 16.2 Å². The van der Waals surface area contributed by atoms with E-state index in [-0.39, 0.29) is 18.2 Å². The van der Waals surface area contributed by atoms with Crippen molar-refractivity contribution in [2.45, 2.75) is 13.5 Å². The van der Waals surface area contributed by atoms with Gasteiger partial charge in [0, 0.05) is 35.3 Å². The van der Waals surface area contributed by atoms with E-state index in [0.717, 1.165) is 33.5 Å². The Morgan fingerprint density at radius 2 is 2.00 bits per heavy atom. The molecule has 8 heteroatoms. The summed E-state index contributed by atoms with van der Waals surface area (Å²) in [4.78, 5) is 22.3. The fraction of sp³-hybridized carbons (Fsp3) is 0.125. The minimum atomic E-state index is -0.455. The van der Waals surface area contributed by atoms with Gasteiger partial charge in [-0.05, 0) is 36.8 Å². The zero-order valence-electron chi connectivity index (χ0n) is 17.2. The smallest absolute Gasteiger partial charge is 0.282 e. The summed E-state index contributed by atoms with van der Waals surface area (Å²) in [7, 11) is 0. The first-order valence-corrected chi connectivity index (χ1v) is 10.1. The molecular formula is C24H18N4O4. The van der Waals surface area contributed by atoms with E-state index in [1.54, 1.807) is 19.1 Å². The highest BCUT2D eigenvalue weighted by molar-refractivity contribution is 6.32. The average molecular weight is 426 g/mol. The van der Waals surface area contributed by atoms with Gasteiger partial charge in [-0.1, -0.05) is 24.3 Å². The van der Waals surface area contributed by atoms with Crippen LogP contribution in [0.3, 0.4) is 0 Å². The molecule has 3 aromatic rings. The Hall–Kier alpha value is -4.33. The van der Waals surface area contributed by atoms with Crippen LogP contribution in [0.4, 0.5) is 0 Å². The summed E-state index contributed by atoms with van der Waals surface area (Å²) in [5.74, 6) is 1.93. The quantitative estimate of drug-likeness (QED) is 0.643. The predicted molar refractivity (Wildman–Crippen MR) is 118 cm³/mol. The van der Waals surface area contributed by atoms with Gasteiger partial charge in [-0.2, -0.15) is 4.99 Å². The summed E-state index contributed by atoms with van der Waals surface area (Å²) in [6.07, 6.45) is 5.33. The van der Waals surface area contributed by atoms with Crippen molar-refractivity contribution in [2.75, 3.05) is 6.79 Å². The topological polar surface area (TPSA) is 89.1 Å². The number of rotatable bonds is 3. The highest BCUT2D eigenvalue weighted by Gasteiger charge is 2.34. The Balaban J connectivity index is 1.39. The van der Waals surface area contributed by atoms with Gasteiger partial charge < -0.3 is 18.9 Å². The maximum atomic E-state index is 12.7. The molecule has 0 saturated carbocycles. The van der Waals surface area contributed by atoms with E-state index >= 15 is 0 Å². The molecule has 1 N–H and O–H groups in total. The van der Waals surface area contributed by atoms with Crippen molar-refractivity contribution in [1.29, 1.82) is 5.41 Å². The van der Waals surface area contributed by atoms with Gasteiger partial charge in [-0.3, -0.25) is 10.2 Å². The average Bonchev–Trinajstić information content (AvgIpc) is 3.48. The molecule has 2 aromatic carbocycles. The second kappa shape index (κ2) is 6.84. The molecule has 8 nitrogen and oxygen atoms in total. The van der Waals surface area contributed by atoms with Crippen molar-refractivity contribution in [1.82, 2.24) is 9.63 Å². The second-order valence-electron chi connectivity index (χ2n) is 7.74. The number of nitrogens with one attached hydrogen (secondary N) is 1. The molecule has 0 aliphatic carbocycles. The fourth-order valence-electron chi connectivity index (χ4n) is 4.11. The summed E-state index contributed by atoms with van der Waals surface area (Å²) in [5, 5.41) is 10.7. The van der Waals surface area contributed by atoms with Gasteiger partial charge in [0.2, 0.25) is 6.79 Å². The molecule has 32 heavy (non-hydrogen) atoms. The summed E-state index contributed by atoms with van der Waals surface area (Å²) >= 11 is 0. The summed E-state index contributed by atoms with van der Waals surface area (Å²) in [6.45, 7) is 2.61. The number of allylic oxidation sites excluding steroid dienone is 1. The first-order chi connectivity index (χ1) is 15.6. The SMILES string of the molecule is CC1=CC2=NC(=O)C(=Cc3cn(Cc4ccc5c(c4)OCO5)c4ccccc34)C(=N)N2O1. The molecular weight excluding hydrogens is 408 g/mol. The largest absolute Gasteiger partial charge is 0.454 e.